The number of rotatable bonds is 5. The Hall–Kier alpha value is -2.33. The molecule has 0 amide bonds. The summed E-state index contributed by atoms with van der Waals surface area (Å²) in [6.07, 6.45) is 1.06. The minimum absolute atomic E-state index is 0.337. The molecule has 4 heteroatoms. The van der Waals surface area contributed by atoms with Crippen molar-refractivity contribution in [3.8, 4) is 0 Å². The summed E-state index contributed by atoms with van der Waals surface area (Å²) in [6.45, 7) is 1.95. The van der Waals surface area contributed by atoms with Crippen molar-refractivity contribution in [2.75, 3.05) is 20.6 Å². The summed E-state index contributed by atoms with van der Waals surface area (Å²) in [7, 11) is 4.15. The van der Waals surface area contributed by atoms with E-state index in [4.69, 9.17) is 0 Å². The van der Waals surface area contributed by atoms with E-state index in [9.17, 15) is 9.90 Å². The van der Waals surface area contributed by atoms with Gasteiger partial charge < -0.3 is 14.6 Å². The van der Waals surface area contributed by atoms with Crippen LogP contribution in [-0.2, 0) is 6.54 Å². The fourth-order valence-electron chi connectivity index (χ4n) is 2.97. The zero-order chi connectivity index (χ0) is 15.7. The lowest BCUT2D eigenvalue weighted by Crippen LogP contribution is -2.15. The lowest BCUT2D eigenvalue weighted by Gasteiger charge is -2.11. The van der Waals surface area contributed by atoms with Crippen LogP contribution in [0.15, 0.2) is 42.5 Å². The van der Waals surface area contributed by atoms with Gasteiger partial charge in [0.15, 0.2) is 0 Å². The van der Waals surface area contributed by atoms with E-state index in [1.165, 1.54) is 5.52 Å². The van der Waals surface area contributed by atoms with Crippen molar-refractivity contribution in [3.63, 3.8) is 0 Å². The lowest BCUT2D eigenvalue weighted by atomic mass is 10.1. The van der Waals surface area contributed by atoms with E-state index in [1.807, 2.05) is 18.2 Å². The van der Waals surface area contributed by atoms with E-state index in [0.29, 0.717) is 5.56 Å². The monoisotopic (exact) mass is 296 g/mol. The van der Waals surface area contributed by atoms with E-state index < -0.39 is 5.97 Å². The van der Waals surface area contributed by atoms with Gasteiger partial charge in [-0.05, 0) is 51.3 Å². The molecule has 0 aliphatic rings. The maximum absolute atomic E-state index is 11.2. The molecule has 0 unspecified atom stereocenters. The summed E-state index contributed by atoms with van der Waals surface area (Å²) < 4.78 is 2.29. The average Bonchev–Trinajstić information content (AvgIpc) is 2.81. The summed E-state index contributed by atoms with van der Waals surface area (Å²) in [5.41, 5.74) is 2.60. The van der Waals surface area contributed by atoms with Gasteiger partial charge in [-0.3, -0.25) is 0 Å². The first kappa shape index (κ1) is 14.6. The second-order valence-electron chi connectivity index (χ2n) is 5.86. The van der Waals surface area contributed by atoms with Crippen LogP contribution in [0, 0.1) is 0 Å². The third-order valence-corrected chi connectivity index (χ3v) is 4.01. The number of aromatic nitrogens is 1. The number of para-hydroxylation sites is 1. The molecule has 3 rings (SSSR count). The molecule has 114 valence electrons. The van der Waals surface area contributed by atoms with Crippen LogP contribution in [0.4, 0.5) is 0 Å². The van der Waals surface area contributed by atoms with Crippen molar-refractivity contribution in [1.29, 1.82) is 0 Å². The number of carboxylic acid groups (broad SMARTS) is 1. The highest BCUT2D eigenvalue weighted by molar-refractivity contribution is 6.10. The van der Waals surface area contributed by atoms with Crippen molar-refractivity contribution in [2.45, 2.75) is 13.0 Å². The molecule has 0 saturated carbocycles. The van der Waals surface area contributed by atoms with Crippen LogP contribution in [0.1, 0.15) is 16.8 Å². The molecular weight excluding hydrogens is 276 g/mol. The largest absolute Gasteiger partial charge is 0.478 e. The Kier molecular flexibility index (Phi) is 3.86. The third kappa shape index (κ3) is 2.57. The lowest BCUT2D eigenvalue weighted by molar-refractivity contribution is 0.0697. The van der Waals surface area contributed by atoms with Gasteiger partial charge in [0.05, 0.1) is 5.56 Å². The van der Waals surface area contributed by atoms with E-state index in [0.717, 1.165) is 35.8 Å². The van der Waals surface area contributed by atoms with Gasteiger partial charge in [-0.2, -0.15) is 0 Å². The average molecular weight is 296 g/mol. The third-order valence-electron chi connectivity index (χ3n) is 4.01. The van der Waals surface area contributed by atoms with Crippen molar-refractivity contribution in [3.05, 3.63) is 48.0 Å². The van der Waals surface area contributed by atoms with E-state index in [2.05, 4.69) is 35.7 Å². The highest BCUT2D eigenvalue weighted by Crippen LogP contribution is 2.30. The molecule has 0 spiro atoms. The van der Waals surface area contributed by atoms with Crippen LogP contribution in [0.5, 0.6) is 0 Å². The minimum Gasteiger partial charge on any atom is -0.478 e. The first-order valence-corrected chi connectivity index (χ1v) is 7.47. The smallest absolute Gasteiger partial charge is 0.335 e. The Bertz CT molecular complexity index is 834. The highest BCUT2D eigenvalue weighted by atomic mass is 16.4. The van der Waals surface area contributed by atoms with Crippen molar-refractivity contribution < 1.29 is 9.90 Å². The van der Waals surface area contributed by atoms with Crippen LogP contribution in [-0.4, -0.2) is 41.2 Å². The van der Waals surface area contributed by atoms with Crippen molar-refractivity contribution in [2.24, 2.45) is 0 Å². The van der Waals surface area contributed by atoms with E-state index in [1.54, 1.807) is 12.1 Å². The van der Waals surface area contributed by atoms with Crippen LogP contribution in [0.25, 0.3) is 21.8 Å². The Labute approximate surface area is 129 Å². The van der Waals surface area contributed by atoms with Crippen LogP contribution >= 0.6 is 0 Å². The zero-order valence-corrected chi connectivity index (χ0v) is 12.9. The van der Waals surface area contributed by atoms with Crippen LogP contribution in [0.3, 0.4) is 0 Å². The fourth-order valence-corrected chi connectivity index (χ4v) is 2.97. The molecule has 0 aliphatic heterocycles. The summed E-state index contributed by atoms with van der Waals surface area (Å²) in [6, 6.07) is 13.6. The second-order valence-corrected chi connectivity index (χ2v) is 5.86. The van der Waals surface area contributed by atoms with Gasteiger partial charge in [-0.15, -0.1) is 0 Å². The summed E-state index contributed by atoms with van der Waals surface area (Å²) in [4.78, 5) is 13.4. The highest BCUT2D eigenvalue weighted by Gasteiger charge is 2.12. The Morgan fingerprint density at radius 1 is 1.09 bits per heavy atom. The summed E-state index contributed by atoms with van der Waals surface area (Å²) >= 11 is 0. The SMILES string of the molecule is CN(C)CCCn1c2ccccc2c2cc(C(=O)O)ccc21. The number of fused-ring (bicyclic) bond motifs is 3. The van der Waals surface area contributed by atoms with Gasteiger partial charge in [0, 0.05) is 28.4 Å². The molecule has 0 radical (unpaired) electrons. The summed E-state index contributed by atoms with van der Waals surface area (Å²) in [5.74, 6) is -0.883. The predicted molar refractivity (Wildman–Crippen MR) is 89.6 cm³/mol. The standard InChI is InChI=1S/C18H20N2O2/c1-19(2)10-5-11-20-16-7-4-3-6-14(16)15-12-13(18(21)22)8-9-17(15)20/h3-4,6-9,12H,5,10-11H2,1-2H3,(H,21,22). The number of carbonyl (C=O) groups is 1. The number of hydrogen-bond acceptors (Lipinski definition) is 2. The molecule has 2 aromatic carbocycles. The normalized spacial score (nSPS) is 11.6. The van der Waals surface area contributed by atoms with Gasteiger partial charge in [-0.25, -0.2) is 4.79 Å². The molecule has 0 atom stereocenters. The second kappa shape index (κ2) is 5.81. The van der Waals surface area contributed by atoms with Gasteiger partial charge in [0.1, 0.15) is 0 Å². The Morgan fingerprint density at radius 2 is 1.82 bits per heavy atom. The molecule has 3 aromatic rings. The molecule has 0 bridgehead atoms. The number of aromatic carboxylic acids is 1. The van der Waals surface area contributed by atoms with E-state index >= 15 is 0 Å². The van der Waals surface area contributed by atoms with Gasteiger partial charge >= 0.3 is 5.97 Å². The molecule has 0 aliphatic carbocycles. The zero-order valence-electron chi connectivity index (χ0n) is 12.9. The van der Waals surface area contributed by atoms with Gasteiger partial charge in [-0.1, -0.05) is 18.2 Å². The number of carboxylic acids is 1. The number of nitrogens with zero attached hydrogens (tertiary/aromatic N) is 2. The molecule has 0 saturated heterocycles. The van der Waals surface area contributed by atoms with Crippen LogP contribution < -0.4 is 0 Å². The van der Waals surface area contributed by atoms with Crippen LogP contribution in [0.2, 0.25) is 0 Å². The molecule has 1 heterocycles. The number of benzene rings is 2. The topological polar surface area (TPSA) is 45.5 Å². The number of aryl methyl sites for hydroxylation is 1. The molecule has 22 heavy (non-hydrogen) atoms. The molecule has 0 fully saturated rings. The fraction of sp³-hybridized carbons (Fsp3) is 0.278. The maximum atomic E-state index is 11.2. The molecular formula is C18H20N2O2. The van der Waals surface area contributed by atoms with Crippen molar-refractivity contribution >= 4 is 27.8 Å². The van der Waals surface area contributed by atoms with Gasteiger partial charge in [0.25, 0.3) is 0 Å². The van der Waals surface area contributed by atoms with Crippen molar-refractivity contribution in [1.82, 2.24) is 9.47 Å². The first-order valence-electron chi connectivity index (χ1n) is 7.47. The van der Waals surface area contributed by atoms with E-state index in [-0.39, 0.29) is 0 Å². The number of hydrogen-bond donors (Lipinski definition) is 1. The predicted octanol–water partition coefficient (Wildman–Crippen LogP) is 3.44. The maximum Gasteiger partial charge on any atom is 0.335 e. The summed E-state index contributed by atoms with van der Waals surface area (Å²) in [5, 5.41) is 11.3. The Morgan fingerprint density at radius 3 is 2.55 bits per heavy atom. The molecule has 4 nitrogen and oxygen atoms in total. The molecule has 1 N–H and O–H groups in total. The quantitative estimate of drug-likeness (QED) is 0.784. The van der Waals surface area contributed by atoms with Gasteiger partial charge in [0.2, 0.25) is 0 Å². The first-order chi connectivity index (χ1) is 10.6. The Balaban J connectivity index is 2.14. The minimum atomic E-state index is -0.883. The molecule has 1 aromatic heterocycles.